The van der Waals surface area contributed by atoms with Crippen LogP contribution in [0.1, 0.15) is 32.1 Å². The minimum atomic E-state index is -0.00760. The number of nitrogens with zero attached hydrogens (tertiary/aromatic N) is 2. The molecule has 6 heteroatoms. The number of likely N-dealkylation sites (tertiary alicyclic amines) is 2. The summed E-state index contributed by atoms with van der Waals surface area (Å²) in [5.74, 6) is 1.05. The number of hydrogen-bond acceptors (Lipinski definition) is 3. The van der Waals surface area contributed by atoms with Gasteiger partial charge in [0.25, 0.3) is 5.91 Å². The van der Waals surface area contributed by atoms with Gasteiger partial charge in [0.05, 0.1) is 0 Å². The Labute approximate surface area is 157 Å². The quantitative estimate of drug-likeness (QED) is 0.768. The van der Waals surface area contributed by atoms with Crippen molar-refractivity contribution in [1.29, 1.82) is 0 Å². The van der Waals surface area contributed by atoms with Crippen molar-refractivity contribution in [2.75, 3.05) is 32.8 Å². The van der Waals surface area contributed by atoms with Crippen molar-refractivity contribution >= 4 is 27.7 Å². The van der Waals surface area contributed by atoms with Gasteiger partial charge in [-0.15, -0.1) is 0 Å². The second-order valence-corrected chi connectivity index (χ2v) is 7.70. The van der Waals surface area contributed by atoms with Crippen molar-refractivity contribution in [3.05, 3.63) is 28.7 Å². The molecule has 0 atom stereocenters. The van der Waals surface area contributed by atoms with E-state index in [9.17, 15) is 9.59 Å². The molecule has 2 heterocycles. The van der Waals surface area contributed by atoms with E-state index in [1.807, 2.05) is 34.1 Å². The molecular weight excluding hydrogens is 384 g/mol. The van der Waals surface area contributed by atoms with Crippen LogP contribution in [0.15, 0.2) is 28.7 Å². The number of ether oxygens (including phenoxy) is 1. The monoisotopic (exact) mass is 408 g/mol. The van der Waals surface area contributed by atoms with E-state index in [1.54, 1.807) is 0 Å². The normalized spacial score (nSPS) is 18.9. The smallest absolute Gasteiger partial charge is 0.260 e. The maximum Gasteiger partial charge on any atom is 0.260 e. The Morgan fingerprint density at radius 3 is 2.24 bits per heavy atom. The fourth-order valence-corrected chi connectivity index (χ4v) is 3.78. The molecule has 25 heavy (non-hydrogen) atoms. The fourth-order valence-electron chi connectivity index (χ4n) is 3.52. The summed E-state index contributed by atoms with van der Waals surface area (Å²) in [7, 11) is 0. The first kappa shape index (κ1) is 18.2. The van der Waals surface area contributed by atoms with Crippen LogP contribution < -0.4 is 4.74 Å². The Morgan fingerprint density at radius 2 is 1.60 bits per heavy atom. The fraction of sp³-hybridized carbons (Fsp3) is 0.579. The summed E-state index contributed by atoms with van der Waals surface area (Å²) in [5, 5.41) is 0. The summed E-state index contributed by atoms with van der Waals surface area (Å²) in [4.78, 5) is 28.7. The Kier molecular flexibility index (Phi) is 6.34. The first-order valence-corrected chi connectivity index (χ1v) is 9.88. The summed E-state index contributed by atoms with van der Waals surface area (Å²) < 4.78 is 6.54. The molecule has 2 aliphatic rings. The lowest BCUT2D eigenvalue weighted by molar-refractivity contribution is -0.142. The third kappa shape index (κ3) is 4.97. The zero-order valence-corrected chi connectivity index (χ0v) is 16.0. The van der Waals surface area contributed by atoms with Crippen molar-refractivity contribution in [2.45, 2.75) is 32.1 Å². The predicted molar refractivity (Wildman–Crippen MR) is 99.4 cm³/mol. The molecule has 2 amide bonds. The summed E-state index contributed by atoms with van der Waals surface area (Å²) in [6.45, 7) is 3.14. The van der Waals surface area contributed by atoms with E-state index in [2.05, 4.69) is 15.9 Å². The van der Waals surface area contributed by atoms with Crippen LogP contribution in [0, 0.1) is 5.92 Å². The molecule has 2 fully saturated rings. The van der Waals surface area contributed by atoms with Crippen LogP contribution in [-0.4, -0.2) is 54.4 Å². The first-order chi connectivity index (χ1) is 12.1. The molecule has 0 aliphatic carbocycles. The van der Waals surface area contributed by atoms with E-state index in [-0.39, 0.29) is 24.3 Å². The number of amides is 2. The Balaban J connectivity index is 1.42. The highest BCUT2D eigenvalue weighted by atomic mass is 79.9. The zero-order chi connectivity index (χ0) is 17.6. The van der Waals surface area contributed by atoms with Gasteiger partial charge in [0.2, 0.25) is 5.91 Å². The van der Waals surface area contributed by atoms with Crippen molar-refractivity contribution in [3.63, 3.8) is 0 Å². The number of piperidine rings is 2. The number of carbonyl (C=O) groups is 2. The molecule has 1 aromatic rings. The number of benzene rings is 1. The summed E-state index contributed by atoms with van der Waals surface area (Å²) in [6.07, 6.45) is 5.00. The highest BCUT2D eigenvalue weighted by Crippen LogP contribution is 2.22. The van der Waals surface area contributed by atoms with Crippen LogP contribution in [0.4, 0.5) is 0 Å². The lowest BCUT2D eigenvalue weighted by Crippen LogP contribution is -2.46. The maximum atomic E-state index is 12.6. The topological polar surface area (TPSA) is 49.9 Å². The van der Waals surface area contributed by atoms with Crippen molar-refractivity contribution in [3.8, 4) is 5.75 Å². The molecule has 0 bridgehead atoms. The SMILES string of the molecule is O=C(COc1ccc(Br)cc1)N1CCC(C(=O)N2CCCCC2)CC1. The van der Waals surface area contributed by atoms with Gasteiger partial charge in [0.15, 0.2) is 6.61 Å². The van der Waals surface area contributed by atoms with Gasteiger partial charge in [-0.25, -0.2) is 0 Å². The van der Waals surface area contributed by atoms with Crippen LogP contribution in [0.25, 0.3) is 0 Å². The maximum absolute atomic E-state index is 12.6. The number of carbonyl (C=O) groups excluding carboxylic acids is 2. The molecule has 0 N–H and O–H groups in total. The van der Waals surface area contributed by atoms with Crippen LogP contribution in [0.2, 0.25) is 0 Å². The molecule has 0 radical (unpaired) electrons. The van der Waals surface area contributed by atoms with Gasteiger partial charge in [0, 0.05) is 36.6 Å². The highest BCUT2D eigenvalue weighted by molar-refractivity contribution is 9.10. The number of halogens is 1. The molecule has 2 aliphatic heterocycles. The largest absolute Gasteiger partial charge is 0.484 e. The van der Waals surface area contributed by atoms with Gasteiger partial charge in [-0.1, -0.05) is 15.9 Å². The van der Waals surface area contributed by atoms with Crippen molar-refractivity contribution in [2.24, 2.45) is 5.92 Å². The van der Waals surface area contributed by atoms with Crippen LogP contribution >= 0.6 is 15.9 Å². The molecule has 136 valence electrons. The van der Waals surface area contributed by atoms with E-state index in [0.29, 0.717) is 18.8 Å². The standard InChI is InChI=1S/C19H25BrN2O3/c20-16-4-6-17(7-5-16)25-14-18(23)21-12-8-15(9-13-21)19(24)22-10-2-1-3-11-22/h4-7,15H,1-3,8-14H2. The number of hydrogen-bond donors (Lipinski definition) is 0. The Morgan fingerprint density at radius 1 is 0.960 bits per heavy atom. The van der Waals surface area contributed by atoms with Gasteiger partial charge in [-0.3, -0.25) is 9.59 Å². The lowest BCUT2D eigenvalue weighted by atomic mass is 9.94. The summed E-state index contributed by atoms with van der Waals surface area (Å²) in [6, 6.07) is 7.44. The first-order valence-electron chi connectivity index (χ1n) is 9.08. The van der Waals surface area contributed by atoms with E-state index < -0.39 is 0 Å². The number of rotatable bonds is 4. The highest BCUT2D eigenvalue weighted by Gasteiger charge is 2.30. The van der Waals surface area contributed by atoms with Gasteiger partial charge in [-0.2, -0.15) is 0 Å². The van der Waals surface area contributed by atoms with Crippen LogP contribution in [-0.2, 0) is 9.59 Å². The van der Waals surface area contributed by atoms with Gasteiger partial charge in [-0.05, 0) is 56.4 Å². The lowest BCUT2D eigenvalue weighted by Gasteiger charge is -2.35. The molecule has 0 spiro atoms. The minimum absolute atomic E-state index is 0.00760. The zero-order valence-electron chi connectivity index (χ0n) is 14.5. The molecule has 2 saturated heterocycles. The molecule has 3 rings (SSSR count). The predicted octanol–water partition coefficient (Wildman–Crippen LogP) is 3.08. The van der Waals surface area contributed by atoms with Crippen LogP contribution in [0.5, 0.6) is 5.75 Å². The van der Waals surface area contributed by atoms with Gasteiger partial charge >= 0.3 is 0 Å². The molecular formula is C19H25BrN2O3. The van der Waals surface area contributed by atoms with E-state index in [1.165, 1.54) is 6.42 Å². The Bertz CT molecular complexity index is 591. The van der Waals surface area contributed by atoms with Gasteiger partial charge < -0.3 is 14.5 Å². The van der Waals surface area contributed by atoms with E-state index in [0.717, 1.165) is 43.2 Å². The molecule has 0 saturated carbocycles. The average molecular weight is 409 g/mol. The van der Waals surface area contributed by atoms with E-state index in [4.69, 9.17) is 4.74 Å². The Hall–Kier alpha value is -1.56. The van der Waals surface area contributed by atoms with Crippen LogP contribution in [0.3, 0.4) is 0 Å². The molecule has 5 nitrogen and oxygen atoms in total. The van der Waals surface area contributed by atoms with Crippen molar-refractivity contribution < 1.29 is 14.3 Å². The molecule has 1 aromatic carbocycles. The second kappa shape index (κ2) is 8.70. The average Bonchev–Trinajstić information content (AvgIpc) is 2.67. The molecule has 0 aromatic heterocycles. The third-order valence-corrected chi connectivity index (χ3v) is 5.57. The summed E-state index contributed by atoms with van der Waals surface area (Å²) >= 11 is 3.37. The van der Waals surface area contributed by atoms with Crippen molar-refractivity contribution in [1.82, 2.24) is 9.80 Å². The molecule has 0 unspecified atom stereocenters. The third-order valence-electron chi connectivity index (χ3n) is 5.04. The summed E-state index contributed by atoms with van der Waals surface area (Å²) in [5.41, 5.74) is 0. The van der Waals surface area contributed by atoms with E-state index >= 15 is 0 Å². The minimum Gasteiger partial charge on any atom is -0.484 e. The van der Waals surface area contributed by atoms with Gasteiger partial charge in [0.1, 0.15) is 5.75 Å². The second-order valence-electron chi connectivity index (χ2n) is 6.78.